The molecule has 20 heavy (non-hydrogen) atoms. The van der Waals surface area contributed by atoms with E-state index in [1.165, 1.54) is 0 Å². The Hall–Kier alpha value is -1.85. The molecule has 6 heteroatoms. The van der Waals surface area contributed by atoms with Crippen molar-refractivity contribution in [3.8, 4) is 0 Å². The number of rotatable bonds is 2. The highest BCUT2D eigenvalue weighted by Crippen LogP contribution is 2.39. The van der Waals surface area contributed by atoms with E-state index in [9.17, 15) is 9.59 Å². The number of piperidine rings is 1. The number of carbonyl (C=O) groups is 1. The summed E-state index contributed by atoms with van der Waals surface area (Å²) in [5.74, 6) is 0.00886. The van der Waals surface area contributed by atoms with Crippen LogP contribution in [0.4, 0.5) is 0 Å². The molecule has 0 saturated carbocycles. The fraction of sp³-hybridized carbons (Fsp3) is 0.643. The highest BCUT2D eigenvalue weighted by molar-refractivity contribution is 5.95. The molecule has 1 aromatic heterocycles. The van der Waals surface area contributed by atoms with Crippen molar-refractivity contribution in [3.05, 3.63) is 28.1 Å². The van der Waals surface area contributed by atoms with Gasteiger partial charge < -0.3 is 9.32 Å². The predicted octanol–water partition coefficient (Wildman–Crippen LogP) is 1.43. The summed E-state index contributed by atoms with van der Waals surface area (Å²) in [6, 6.07) is 0. The molecule has 1 saturated heterocycles. The normalized spacial score (nSPS) is 25.0. The zero-order valence-electron chi connectivity index (χ0n) is 11.8. The maximum Gasteiger partial charge on any atom is 0.434 e. The molecular weight excluding hydrogens is 258 g/mol. The second-order valence-electron chi connectivity index (χ2n) is 6.38. The molecule has 0 bridgehead atoms. The molecule has 1 unspecified atom stereocenters. The van der Waals surface area contributed by atoms with Crippen LogP contribution in [0.1, 0.15) is 44.9 Å². The molecule has 0 radical (unpaired) electrons. The zero-order valence-corrected chi connectivity index (χ0v) is 11.8. The number of nitrogens with zero attached hydrogens (tertiary/aromatic N) is 2. The van der Waals surface area contributed by atoms with E-state index in [2.05, 4.69) is 24.0 Å². The molecule has 1 aliphatic carbocycles. The fourth-order valence-electron chi connectivity index (χ4n) is 3.05. The SMILES string of the molecule is CC1(C)C=C(C(=O)N2CCCC(c3n[nH]c(=O)o3)C2)C1. The van der Waals surface area contributed by atoms with Gasteiger partial charge in [0.15, 0.2) is 0 Å². The van der Waals surface area contributed by atoms with Gasteiger partial charge >= 0.3 is 5.76 Å². The van der Waals surface area contributed by atoms with Gasteiger partial charge in [-0.2, -0.15) is 0 Å². The summed E-state index contributed by atoms with van der Waals surface area (Å²) >= 11 is 0. The fourth-order valence-corrected chi connectivity index (χ4v) is 3.05. The Morgan fingerprint density at radius 2 is 2.30 bits per heavy atom. The van der Waals surface area contributed by atoms with Gasteiger partial charge in [-0.25, -0.2) is 9.89 Å². The first-order valence-corrected chi connectivity index (χ1v) is 7.01. The van der Waals surface area contributed by atoms with Crippen LogP contribution in [0.15, 0.2) is 20.9 Å². The second kappa shape index (κ2) is 4.61. The number of H-pyrrole nitrogens is 1. The van der Waals surface area contributed by atoms with Crippen molar-refractivity contribution in [2.45, 2.75) is 39.0 Å². The Labute approximate surface area is 116 Å². The van der Waals surface area contributed by atoms with Gasteiger partial charge in [0.2, 0.25) is 11.8 Å². The van der Waals surface area contributed by atoms with Gasteiger partial charge in [-0.15, -0.1) is 5.10 Å². The van der Waals surface area contributed by atoms with Crippen LogP contribution in [0.3, 0.4) is 0 Å². The van der Waals surface area contributed by atoms with E-state index in [4.69, 9.17) is 4.42 Å². The maximum absolute atomic E-state index is 12.4. The number of likely N-dealkylation sites (tertiary alicyclic amines) is 1. The first-order chi connectivity index (χ1) is 9.44. The van der Waals surface area contributed by atoms with Crippen molar-refractivity contribution in [1.82, 2.24) is 15.1 Å². The molecule has 1 atom stereocenters. The molecule has 1 N–H and O–H groups in total. The van der Waals surface area contributed by atoms with Gasteiger partial charge in [0.05, 0.1) is 5.92 Å². The first-order valence-electron chi connectivity index (χ1n) is 7.01. The summed E-state index contributed by atoms with van der Waals surface area (Å²) in [6.07, 6.45) is 4.68. The molecular formula is C14H19N3O3. The molecule has 2 heterocycles. The first kappa shape index (κ1) is 13.1. The van der Waals surface area contributed by atoms with E-state index >= 15 is 0 Å². The van der Waals surface area contributed by atoms with E-state index in [0.717, 1.165) is 31.4 Å². The van der Waals surface area contributed by atoms with Crippen molar-refractivity contribution < 1.29 is 9.21 Å². The molecule has 1 amide bonds. The number of aromatic amines is 1. The average molecular weight is 277 g/mol. The van der Waals surface area contributed by atoms with Crippen LogP contribution in [0.2, 0.25) is 0 Å². The van der Waals surface area contributed by atoms with Gasteiger partial charge in [-0.05, 0) is 24.7 Å². The minimum Gasteiger partial charge on any atom is -0.392 e. The summed E-state index contributed by atoms with van der Waals surface area (Å²) in [4.78, 5) is 25.2. The van der Waals surface area contributed by atoms with Crippen molar-refractivity contribution >= 4 is 5.91 Å². The Kier molecular flexibility index (Phi) is 3.03. The Bertz CT molecular complexity index is 611. The lowest BCUT2D eigenvalue weighted by molar-refractivity contribution is -0.129. The quantitative estimate of drug-likeness (QED) is 0.886. The van der Waals surface area contributed by atoms with E-state index in [1.807, 2.05) is 11.0 Å². The number of amides is 1. The van der Waals surface area contributed by atoms with Crippen molar-refractivity contribution in [1.29, 1.82) is 0 Å². The monoisotopic (exact) mass is 277 g/mol. The molecule has 1 aliphatic heterocycles. The third kappa shape index (κ3) is 2.42. The third-order valence-electron chi connectivity index (χ3n) is 4.00. The minimum atomic E-state index is -0.535. The Morgan fingerprint density at radius 1 is 1.55 bits per heavy atom. The minimum absolute atomic E-state index is 0.0142. The lowest BCUT2D eigenvalue weighted by Crippen LogP contribution is -2.42. The zero-order chi connectivity index (χ0) is 14.3. The van der Waals surface area contributed by atoms with Crippen LogP contribution in [0, 0.1) is 5.41 Å². The van der Waals surface area contributed by atoms with Crippen LogP contribution in [-0.4, -0.2) is 34.1 Å². The van der Waals surface area contributed by atoms with Crippen LogP contribution in [0.5, 0.6) is 0 Å². The third-order valence-corrected chi connectivity index (χ3v) is 4.00. The van der Waals surface area contributed by atoms with E-state index in [0.29, 0.717) is 12.4 Å². The van der Waals surface area contributed by atoms with Gasteiger partial charge in [-0.1, -0.05) is 19.9 Å². The number of nitrogens with one attached hydrogen (secondary N) is 1. The van der Waals surface area contributed by atoms with Crippen LogP contribution in [0.25, 0.3) is 0 Å². The molecule has 2 aliphatic rings. The van der Waals surface area contributed by atoms with Gasteiger partial charge in [0.25, 0.3) is 0 Å². The number of hydrogen-bond donors (Lipinski definition) is 1. The summed E-state index contributed by atoms with van der Waals surface area (Å²) in [5, 5.41) is 6.16. The van der Waals surface area contributed by atoms with Gasteiger partial charge in [0.1, 0.15) is 0 Å². The summed E-state index contributed by atoms with van der Waals surface area (Å²) < 4.78 is 5.01. The molecule has 108 valence electrons. The summed E-state index contributed by atoms with van der Waals surface area (Å²) in [6.45, 7) is 5.59. The molecule has 1 fully saturated rings. The van der Waals surface area contributed by atoms with Crippen molar-refractivity contribution in [3.63, 3.8) is 0 Å². The smallest absolute Gasteiger partial charge is 0.392 e. The standard InChI is InChI=1S/C14H19N3O3/c1-14(2)6-10(7-14)12(18)17-5-3-4-9(8-17)11-15-16-13(19)20-11/h6,9H,3-5,7-8H2,1-2H3,(H,16,19). The second-order valence-corrected chi connectivity index (χ2v) is 6.38. The molecule has 6 nitrogen and oxygen atoms in total. The van der Waals surface area contributed by atoms with E-state index in [1.54, 1.807) is 0 Å². The largest absolute Gasteiger partial charge is 0.434 e. The topological polar surface area (TPSA) is 79.2 Å². The maximum atomic E-state index is 12.4. The summed E-state index contributed by atoms with van der Waals surface area (Å²) in [5.41, 5.74) is 1.05. The van der Waals surface area contributed by atoms with Gasteiger partial charge in [0, 0.05) is 18.7 Å². The number of aromatic nitrogens is 2. The molecule has 3 rings (SSSR count). The number of hydrogen-bond acceptors (Lipinski definition) is 4. The van der Waals surface area contributed by atoms with Crippen LogP contribution >= 0.6 is 0 Å². The Morgan fingerprint density at radius 3 is 2.90 bits per heavy atom. The molecule has 0 aromatic carbocycles. The van der Waals surface area contributed by atoms with Crippen LogP contribution in [-0.2, 0) is 4.79 Å². The van der Waals surface area contributed by atoms with Crippen molar-refractivity contribution in [2.24, 2.45) is 5.41 Å². The lowest BCUT2D eigenvalue weighted by Gasteiger charge is -2.37. The highest BCUT2D eigenvalue weighted by atomic mass is 16.4. The predicted molar refractivity (Wildman–Crippen MR) is 72.2 cm³/mol. The summed E-state index contributed by atoms with van der Waals surface area (Å²) in [7, 11) is 0. The highest BCUT2D eigenvalue weighted by Gasteiger charge is 2.35. The molecule has 1 aromatic rings. The average Bonchev–Trinajstić information content (AvgIpc) is 2.82. The van der Waals surface area contributed by atoms with Crippen LogP contribution < -0.4 is 5.76 Å². The number of allylic oxidation sites excluding steroid dienone is 1. The number of carbonyl (C=O) groups excluding carboxylic acids is 1. The van der Waals surface area contributed by atoms with E-state index < -0.39 is 5.76 Å². The lowest BCUT2D eigenvalue weighted by atomic mass is 9.73. The van der Waals surface area contributed by atoms with Gasteiger partial charge in [-0.3, -0.25) is 4.79 Å². The Balaban J connectivity index is 1.70. The molecule has 0 spiro atoms. The van der Waals surface area contributed by atoms with E-state index in [-0.39, 0.29) is 17.2 Å². The van der Waals surface area contributed by atoms with Crippen molar-refractivity contribution in [2.75, 3.05) is 13.1 Å².